The summed E-state index contributed by atoms with van der Waals surface area (Å²) in [5.74, 6) is 1.17. The molecule has 1 aromatic carbocycles. The van der Waals surface area contributed by atoms with E-state index in [1.54, 1.807) is 7.05 Å². The van der Waals surface area contributed by atoms with Gasteiger partial charge in [-0.15, -0.1) is 0 Å². The number of nitrogens with one attached hydrogen (secondary N) is 2. The molecule has 0 aliphatic rings. The number of hydrogen-bond donors (Lipinski definition) is 2. The molecule has 17 heavy (non-hydrogen) atoms. The van der Waals surface area contributed by atoms with Crippen LogP contribution >= 0.6 is 11.8 Å². The number of amides is 1. The Labute approximate surface area is 107 Å². The molecule has 0 aliphatic heterocycles. The normalized spacial score (nSPS) is 10.0. The van der Waals surface area contributed by atoms with Crippen LogP contribution in [-0.4, -0.2) is 31.5 Å². The van der Waals surface area contributed by atoms with Gasteiger partial charge in [-0.1, -0.05) is 0 Å². The molecule has 2 N–H and O–H groups in total. The molecule has 0 heterocycles. The van der Waals surface area contributed by atoms with Crippen LogP contribution in [0.1, 0.15) is 23.2 Å². The second kappa shape index (κ2) is 8.01. The molecule has 4 heteroatoms. The molecule has 0 fully saturated rings. The number of unbranched alkanes of at least 4 members (excludes halogenated alkanes) is 1. The summed E-state index contributed by atoms with van der Waals surface area (Å²) >= 11 is 1.88. The fourth-order valence-corrected chi connectivity index (χ4v) is 1.98. The molecule has 0 unspecified atom stereocenters. The molecule has 0 bridgehead atoms. The quantitative estimate of drug-likeness (QED) is 0.733. The van der Waals surface area contributed by atoms with E-state index in [0.29, 0.717) is 5.56 Å². The lowest BCUT2D eigenvalue weighted by atomic mass is 10.2. The van der Waals surface area contributed by atoms with Crippen LogP contribution in [0.5, 0.6) is 0 Å². The largest absolute Gasteiger partial charge is 0.385 e. The first-order valence-electron chi connectivity index (χ1n) is 5.83. The highest BCUT2D eigenvalue weighted by molar-refractivity contribution is 7.98. The van der Waals surface area contributed by atoms with Gasteiger partial charge in [-0.3, -0.25) is 4.79 Å². The molecule has 1 amide bonds. The number of carbonyl (C=O) groups is 1. The predicted molar refractivity (Wildman–Crippen MR) is 75.9 cm³/mol. The van der Waals surface area contributed by atoms with Gasteiger partial charge in [0.25, 0.3) is 5.91 Å². The van der Waals surface area contributed by atoms with Crippen molar-refractivity contribution in [2.45, 2.75) is 12.8 Å². The van der Waals surface area contributed by atoms with Gasteiger partial charge in [-0.2, -0.15) is 11.8 Å². The first-order valence-corrected chi connectivity index (χ1v) is 7.22. The Morgan fingerprint density at radius 1 is 1.24 bits per heavy atom. The van der Waals surface area contributed by atoms with Gasteiger partial charge in [0, 0.05) is 24.8 Å². The highest BCUT2D eigenvalue weighted by atomic mass is 32.2. The summed E-state index contributed by atoms with van der Waals surface area (Å²) in [6, 6.07) is 7.56. The summed E-state index contributed by atoms with van der Waals surface area (Å²) in [4.78, 5) is 11.3. The molecule has 0 saturated heterocycles. The summed E-state index contributed by atoms with van der Waals surface area (Å²) in [5.41, 5.74) is 1.77. The maximum atomic E-state index is 11.3. The summed E-state index contributed by atoms with van der Waals surface area (Å²) in [7, 11) is 1.64. The van der Waals surface area contributed by atoms with E-state index in [0.717, 1.165) is 12.2 Å². The van der Waals surface area contributed by atoms with Crippen LogP contribution in [0, 0.1) is 0 Å². The van der Waals surface area contributed by atoms with Crippen LogP contribution in [0.4, 0.5) is 5.69 Å². The average molecular weight is 252 g/mol. The van der Waals surface area contributed by atoms with Gasteiger partial charge in [-0.05, 0) is 49.1 Å². The van der Waals surface area contributed by atoms with Crippen molar-refractivity contribution in [1.29, 1.82) is 0 Å². The highest BCUT2D eigenvalue weighted by Gasteiger charge is 2.01. The maximum Gasteiger partial charge on any atom is 0.251 e. The Morgan fingerprint density at radius 3 is 2.53 bits per heavy atom. The molecular weight excluding hydrogens is 232 g/mol. The second-order valence-electron chi connectivity index (χ2n) is 3.78. The first kappa shape index (κ1) is 13.9. The minimum Gasteiger partial charge on any atom is -0.385 e. The Hall–Kier alpha value is -1.16. The van der Waals surface area contributed by atoms with E-state index in [4.69, 9.17) is 0 Å². The number of carbonyl (C=O) groups excluding carboxylic acids is 1. The Bertz CT molecular complexity index is 338. The number of benzene rings is 1. The van der Waals surface area contributed by atoms with Crippen molar-refractivity contribution in [3.63, 3.8) is 0 Å². The van der Waals surface area contributed by atoms with Crippen LogP contribution < -0.4 is 10.6 Å². The minimum absolute atomic E-state index is 0.0449. The summed E-state index contributed by atoms with van der Waals surface area (Å²) in [6.07, 6.45) is 4.55. The molecule has 0 atom stereocenters. The summed E-state index contributed by atoms with van der Waals surface area (Å²) < 4.78 is 0. The third-order valence-corrected chi connectivity index (χ3v) is 3.18. The molecule has 3 nitrogen and oxygen atoms in total. The van der Waals surface area contributed by atoms with Crippen LogP contribution in [0.15, 0.2) is 24.3 Å². The van der Waals surface area contributed by atoms with Crippen molar-refractivity contribution in [2.24, 2.45) is 0 Å². The van der Waals surface area contributed by atoms with Gasteiger partial charge in [-0.25, -0.2) is 0 Å². The van der Waals surface area contributed by atoms with Crippen molar-refractivity contribution < 1.29 is 4.79 Å². The molecule has 0 aromatic heterocycles. The molecular formula is C13H20N2OS. The summed E-state index contributed by atoms with van der Waals surface area (Å²) in [6.45, 7) is 0.986. The van der Waals surface area contributed by atoms with Gasteiger partial charge >= 0.3 is 0 Å². The van der Waals surface area contributed by atoms with Crippen molar-refractivity contribution >= 4 is 23.4 Å². The third kappa shape index (κ3) is 5.13. The topological polar surface area (TPSA) is 41.1 Å². The zero-order valence-corrected chi connectivity index (χ0v) is 11.3. The standard InChI is InChI=1S/C13H20N2OS/c1-14-13(16)11-5-7-12(8-6-11)15-9-3-4-10-17-2/h5-8,15H,3-4,9-10H2,1-2H3,(H,14,16). The average Bonchev–Trinajstić information content (AvgIpc) is 2.38. The molecule has 0 radical (unpaired) electrons. The fourth-order valence-electron chi connectivity index (χ4n) is 1.49. The van der Waals surface area contributed by atoms with E-state index in [1.807, 2.05) is 36.0 Å². The lowest BCUT2D eigenvalue weighted by Crippen LogP contribution is -2.17. The van der Waals surface area contributed by atoms with Crippen molar-refractivity contribution in [3.05, 3.63) is 29.8 Å². The Balaban J connectivity index is 2.33. The second-order valence-corrected chi connectivity index (χ2v) is 4.77. The lowest BCUT2D eigenvalue weighted by Gasteiger charge is -2.06. The molecule has 1 rings (SSSR count). The Kier molecular flexibility index (Phi) is 6.55. The van der Waals surface area contributed by atoms with Gasteiger partial charge in [0.2, 0.25) is 0 Å². The van der Waals surface area contributed by atoms with Crippen LogP contribution in [0.2, 0.25) is 0 Å². The van der Waals surface area contributed by atoms with Crippen molar-refractivity contribution in [3.8, 4) is 0 Å². The first-order chi connectivity index (χ1) is 8.27. The monoisotopic (exact) mass is 252 g/mol. The minimum atomic E-state index is -0.0449. The fraction of sp³-hybridized carbons (Fsp3) is 0.462. The zero-order valence-electron chi connectivity index (χ0n) is 10.5. The van der Waals surface area contributed by atoms with E-state index < -0.39 is 0 Å². The van der Waals surface area contributed by atoms with Crippen molar-refractivity contribution in [1.82, 2.24) is 5.32 Å². The highest BCUT2D eigenvalue weighted by Crippen LogP contribution is 2.10. The van der Waals surface area contributed by atoms with Crippen molar-refractivity contribution in [2.75, 3.05) is 30.9 Å². The number of anilines is 1. The van der Waals surface area contributed by atoms with Gasteiger partial charge in [0.1, 0.15) is 0 Å². The molecule has 0 aliphatic carbocycles. The van der Waals surface area contributed by atoms with E-state index in [2.05, 4.69) is 16.9 Å². The number of hydrogen-bond acceptors (Lipinski definition) is 3. The smallest absolute Gasteiger partial charge is 0.251 e. The molecule has 94 valence electrons. The molecule has 0 saturated carbocycles. The Morgan fingerprint density at radius 2 is 1.94 bits per heavy atom. The number of thioether (sulfide) groups is 1. The zero-order chi connectivity index (χ0) is 12.5. The van der Waals surface area contributed by atoms with E-state index in [9.17, 15) is 4.79 Å². The van der Waals surface area contributed by atoms with Crippen LogP contribution in [0.3, 0.4) is 0 Å². The molecule has 1 aromatic rings. The van der Waals surface area contributed by atoms with E-state index in [-0.39, 0.29) is 5.91 Å². The maximum absolute atomic E-state index is 11.3. The van der Waals surface area contributed by atoms with Crippen LogP contribution in [-0.2, 0) is 0 Å². The lowest BCUT2D eigenvalue weighted by molar-refractivity contribution is 0.0963. The predicted octanol–water partition coefficient (Wildman–Crippen LogP) is 2.60. The summed E-state index contributed by atoms with van der Waals surface area (Å²) in [5, 5.41) is 5.95. The SMILES string of the molecule is CNC(=O)c1ccc(NCCCCSC)cc1. The molecule has 0 spiro atoms. The van der Waals surface area contributed by atoms with E-state index in [1.165, 1.54) is 18.6 Å². The van der Waals surface area contributed by atoms with Gasteiger partial charge < -0.3 is 10.6 Å². The van der Waals surface area contributed by atoms with Crippen LogP contribution in [0.25, 0.3) is 0 Å². The third-order valence-electron chi connectivity index (χ3n) is 2.48. The van der Waals surface area contributed by atoms with Gasteiger partial charge in [0.05, 0.1) is 0 Å². The van der Waals surface area contributed by atoms with Gasteiger partial charge in [0.15, 0.2) is 0 Å². The van der Waals surface area contributed by atoms with E-state index >= 15 is 0 Å². The number of rotatable bonds is 7.